The molecule has 2 N–H and O–H groups in total. The number of carbonyl (C=O) groups is 1. The predicted octanol–water partition coefficient (Wildman–Crippen LogP) is 4.05. The number of methoxy groups -OCH3 is 1. The van der Waals surface area contributed by atoms with Gasteiger partial charge < -0.3 is 10.5 Å². The number of rotatable bonds is 12. The van der Waals surface area contributed by atoms with Crippen molar-refractivity contribution in [3.63, 3.8) is 0 Å². The zero-order valence-corrected chi connectivity index (χ0v) is 13.5. The Balaban J connectivity index is 2.30. The second-order valence-corrected chi connectivity index (χ2v) is 6.49. The highest BCUT2D eigenvalue weighted by Gasteiger charge is 2.42. The summed E-state index contributed by atoms with van der Waals surface area (Å²) < 4.78 is 5.03. The summed E-state index contributed by atoms with van der Waals surface area (Å²) in [4.78, 5) is 12.1. The van der Waals surface area contributed by atoms with Gasteiger partial charge in [-0.25, -0.2) is 0 Å². The molecule has 0 aromatic rings. The molecule has 0 aromatic carbocycles. The van der Waals surface area contributed by atoms with E-state index in [2.05, 4.69) is 6.92 Å². The molecular formula is C17H33NO2. The van der Waals surface area contributed by atoms with Gasteiger partial charge in [-0.3, -0.25) is 4.79 Å². The lowest BCUT2D eigenvalue weighted by atomic mass is 9.77. The molecule has 3 heteroatoms. The van der Waals surface area contributed by atoms with Crippen molar-refractivity contribution in [2.45, 2.75) is 77.6 Å². The third-order valence-corrected chi connectivity index (χ3v) is 4.64. The van der Waals surface area contributed by atoms with Crippen LogP contribution in [0, 0.1) is 11.3 Å². The minimum Gasteiger partial charge on any atom is -0.469 e. The number of ether oxygens (including phenoxy) is 1. The Labute approximate surface area is 124 Å². The third-order valence-electron chi connectivity index (χ3n) is 4.64. The van der Waals surface area contributed by atoms with Crippen LogP contribution in [0.2, 0.25) is 0 Å². The van der Waals surface area contributed by atoms with Gasteiger partial charge in [-0.2, -0.15) is 0 Å². The fourth-order valence-electron chi connectivity index (χ4n) is 3.07. The Hall–Kier alpha value is -0.570. The lowest BCUT2D eigenvalue weighted by molar-refractivity contribution is -0.153. The fourth-order valence-corrected chi connectivity index (χ4v) is 3.07. The van der Waals surface area contributed by atoms with Crippen molar-refractivity contribution in [1.29, 1.82) is 0 Å². The number of nitrogens with two attached hydrogens (primary N) is 1. The maximum Gasteiger partial charge on any atom is 0.313 e. The Bertz CT molecular complexity index is 276. The Kier molecular flexibility index (Phi) is 8.20. The molecule has 1 unspecified atom stereocenters. The fraction of sp³-hybridized carbons (Fsp3) is 0.941. The van der Waals surface area contributed by atoms with E-state index < -0.39 is 5.41 Å². The van der Waals surface area contributed by atoms with Crippen LogP contribution in [0.5, 0.6) is 0 Å². The Morgan fingerprint density at radius 3 is 2.25 bits per heavy atom. The van der Waals surface area contributed by atoms with Crippen molar-refractivity contribution < 1.29 is 9.53 Å². The first-order valence-electron chi connectivity index (χ1n) is 8.47. The van der Waals surface area contributed by atoms with Crippen LogP contribution in [0.3, 0.4) is 0 Å². The molecular weight excluding hydrogens is 250 g/mol. The average Bonchev–Trinajstić information content (AvgIpc) is 3.28. The van der Waals surface area contributed by atoms with E-state index in [4.69, 9.17) is 10.5 Å². The normalized spacial score (nSPS) is 17.8. The Morgan fingerprint density at radius 1 is 1.15 bits per heavy atom. The number of carbonyl (C=O) groups excluding carboxylic acids is 1. The maximum absolute atomic E-state index is 12.1. The van der Waals surface area contributed by atoms with E-state index in [1.165, 1.54) is 58.5 Å². The molecule has 1 atom stereocenters. The lowest BCUT2D eigenvalue weighted by Gasteiger charge is -2.29. The van der Waals surface area contributed by atoms with Crippen LogP contribution in [-0.4, -0.2) is 19.6 Å². The minimum absolute atomic E-state index is 0.0853. The topological polar surface area (TPSA) is 52.3 Å². The van der Waals surface area contributed by atoms with E-state index in [9.17, 15) is 4.79 Å². The van der Waals surface area contributed by atoms with E-state index in [1.54, 1.807) is 0 Å². The Morgan fingerprint density at radius 2 is 1.75 bits per heavy atom. The summed E-state index contributed by atoms with van der Waals surface area (Å²) in [5, 5.41) is 0. The van der Waals surface area contributed by atoms with Crippen LogP contribution in [0.15, 0.2) is 0 Å². The maximum atomic E-state index is 12.1. The molecule has 0 heterocycles. The summed E-state index contributed by atoms with van der Waals surface area (Å²) in [5.41, 5.74) is 5.54. The number of esters is 1. The first kappa shape index (κ1) is 17.5. The standard InChI is InChI=1S/C17H33NO2/c1-3-4-5-6-7-8-9-12-17(14-18,16(19)20-2)13-15-10-11-15/h15H,3-14,18H2,1-2H3. The van der Waals surface area contributed by atoms with Gasteiger partial charge in [0.2, 0.25) is 0 Å². The van der Waals surface area contributed by atoms with Crippen LogP contribution in [0.1, 0.15) is 77.6 Å². The van der Waals surface area contributed by atoms with Gasteiger partial charge in [0.1, 0.15) is 0 Å². The minimum atomic E-state index is -0.403. The molecule has 1 fully saturated rings. The smallest absolute Gasteiger partial charge is 0.313 e. The summed E-state index contributed by atoms with van der Waals surface area (Å²) in [6.45, 7) is 2.68. The molecule has 118 valence electrons. The van der Waals surface area contributed by atoms with Crippen molar-refractivity contribution in [1.82, 2.24) is 0 Å². The molecule has 20 heavy (non-hydrogen) atoms. The van der Waals surface area contributed by atoms with Crippen LogP contribution >= 0.6 is 0 Å². The first-order chi connectivity index (χ1) is 9.68. The van der Waals surface area contributed by atoms with Crippen molar-refractivity contribution in [3.8, 4) is 0 Å². The monoisotopic (exact) mass is 283 g/mol. The number of hydrogen-bond acceptors (Lipinski definition) is 3. The van der Waals surface area contributed by atoms with Crippen LogP contribution < -0.4 is 5.73 Å². The zero-order chi connectivity index (χ0) is 14.8. The molecule has 3 nitrogen and oxygen atoms in total. The molecule has 0 aromatic heterocycles. The molecule has 0 saturated heterocycles. The number of unbranched alkanes of at least 4 members (excludes halogenated alkanes) is 6. The summed E-state index contributed by atoms with van der Waals surface area (Å²) in [5.74, 6) is 0.625. The van der Waals surface area contributed by atoms with Gasteiger partial charge in [-0.15, -0.1) is 0 Å². The van der Waals surface area contributed by atoms with Crippen LogP contribution in [0.25, 0.3) is 0 Å². The van der Waals surface area contributed by atoms with Gasteiger partial charge in [0.15, 0.2) is 0 Å². The molecule has 0 radical (unpaired) electrons. The highest BCUT2D eigenvalue weighted by molar-refractivity contribution is 5.77. The highest BCUT2D eigenvalue weighted by Crippen LogP contribution is 2.43. The molecule has 0 amide bonds. The van der Waals surface area contributed by atoms with Gasteiger partial charge in [-0.1, -0.05) is 64.7 Å². The van der Waals surface area contributed by atoms with Gasteiger partial charge in [0, 0.05) is 6.54 Å². The van der Waals surface area contributed by atoms with Crippen molar-refractivity contribution in [2.24, 2.45) is 17.1 Å². The zero-order valence-electron chi connectivity index (χ0n) is 13.5. The van der Waals surface area contributed by atoms with Crippen molar-refractivity contribution >= 4 is 5.97 Å². The molecule has 1 saturated carbocycles. The van der Waals surface area contributed by atoms with Crippen molar-refractivity contribution in [2.75, 3.05) is 13.7 Å². The second kappa shape index (κ2) is 9.38. The van der Waals surface area contributed by atoms with Crippen LogP contribution in [0.4, 0.5) is 0 Å². The second-order valence-electron chi connectivity index (χ2n) is 6.49. The van der Waals surface area contributed by atoms with Crippen LogP contribution in [-0.2, 0) is 9.53 Å². The van der Waals surface area contributed by atoms with Gasteiger partial charge in [-0.05, 0) is 18.8 Å². The molecule has 1 rings (SSSR count). The molecule has 0 bridgehead atoms. The SMILES string of the molecule is CCCCCCCCCC(CN)(CC1CC1)C(=O)OC. The average molecular weight is 283 g/mol. The number of hydrogen-bond donors (Lipinski definition) is 1. The summed E-state index contributed by atoms with van der Waals surface area (Å²) in [7, 11) is 1.49. The predicted molar refractivity (Wildman–Crippen MR) is 83.5 cm³/mol. The summed E-state index contributed by atoms with van der Waals surface area (Å²) >= 11 is 0. The van der Waals surface area contributed by atoms with E-state index in [-0.39, 0.29) is 5.97 Å². The molecule has 1 aliphatic rings. The highest BCUT2D eigenvalue weighted by atomic mass is 16.5. The van der Waals surface area contributed by atoms with E-state index in [0.717, 1.165) is 19.3 Å². The quantitative estimate of drug-likeness (QED) is 0.434. The summed E-state index contributed by atoms with van der Waals surface area (Å²) in [6.07, 6.45) is 13.3. The lowest BCUT2D eigenvalue weighted by Crippen LogP contribution is -2.40. The summed E-state index contributed by atoms with van der Waals surface area (Å²) in [6, 6.07) is 0. The van der Waals surface area contributed by atoms with Gasteiger partial charge in [0.05, 0.1) is 12.5 Å². The van der Waals surface area contributed by atoms with E-state index in [0.29, 0.717) is 12.5 Å². The molecule has 0 spiro atoms. The molecule has 1 aliphatic carbocycles. The third kappa shape index (κ3) is 5.82. The van der Waals surface area contributed by atoms with Gasteiger partial charge >= 0.3 is 5.97 Å². The molecule has 0 aliphatic heterocycles. The largest absolute Gasteiger partial charge is 0.469 e. The van der Waals surface area contributed by atoms with E-state index >= 15 is 0 Å². The van der Waals surface area contributed by atoms with E-state index in [1.807, 2.05) is 0 Å². The van der Waals surface area contributed by atoms with Gasteiger partial charge in [0.25, 0.3) is 0 Å². The van der Waals surface area contributed by atoms with Crippen molar-refractivity contribution in [3.05, 3.63) is 0 Å². The first-order valence-corrected chi connectivity index (χ1v) is 8.47.